The lowest BCUT2D eigenvalue weighted by Gasteiger charge is -2.26. The van der Waals surface area contributed by atoms with E-state index in [1.807, 2.05) is 26.1 Å². The summed E-state index contributed by atoms with van der Waals surface area (Å²) in [5.41, 5.74) is 2.08. The zero-order valence-corrected chi connectivity index (χ0v) is 19.0. The fourth-order valence-electron chi connectivity index (χ4n) is 4.46. The highest BCUT2D eigenvalue weighted by molar-refractivity contribution is 5.96. The molecule has 178 valence electrons. The first-order valence-electron chi connectivity index (χ1n) is 11.1. The zero-order chi connectivity index (χ0) is 24.2. The summed E-state index contributed by atoms with van der Waals surface area (Å²) in [4.78, 5) is 22.2. The summed E-state index contributed by atoms with van der Waals surface area (Å²) >= 11 is 0. The van der Waals surface area contributed by atoms with Crippen LogP contribution in [0.3, 0.4) is 0 Å². The molecular weight excluding hydrogens is 447 g/mol. The zero-order valence-electron chi connectivity index (χ0n) is 19.0. The number of alkyl halides is 3. The van der Waals surface area contributed by atoms with Crippen LogP contribution in [0.1, 0.15) is 38.1 Å². The van der Waals surface area contributed by atoms with E-state index >= 15 is 0 Å². The molecule has 1 aliphatic heterocycles. The molecule has 11 heteroatoms. The van der Waals surface area contributed by atoms with Gasteiger partial charge in [-0.05, 0) is 26.3 Å². The van der Waals surface area contributed by atoms with Crippen molar-refractivity contribution in [1.82, 2.24) is 34.4 Å². The highest BCUT2D eigenvalue weighted by Gasteiger charge is 2.38. The van der Waals surface area contributed by atoms with E-state index in [4.69, 9.17) is 0 Å². The number of hydrogen-bond donors (Lipinski definition) is 1. The monoisotopic (exact) mass is 471 g/mol. The predicted octanol–water partition coefficient (Wildman–Crippen LogP) is 4.38. The van der Waals surface area contributed by atoms with E-state index in [1.54, 1.807) is 22.8 Å². The third-order valence-electron chi connectivity index (χ3n) is 6.11. The van der Waals surface area contributed by atoms with Gasteiger partial charge in [-0.15, -0.1) is 0 Å². The van der Waals surface area contributed by atoms with Crippen molar-refractivity contribution < 1.29 is 18.0 Å². The molecular formula is C23H24F3N7O. The Labute approximate surface area is 193 Å². The van der Waals surface area contributed by atoms with Crippen LogP contribution in [0, 0.1) is 0 Å². The quantitative estimate of drug-likeness (QED) is 0.447. The Morgan fingerprint density at radius 3 is 2.65 bits per heavy atom. The second-order valence-electron chi connectivity index (χ2n) is 8.86. The SMILES string of the molecule is CC(C)N1Cc2nn(C)cc2-c2cnc3[nH]cc(c3c2)-c2cn(nc2C(F)(F)F)CCCC1=O. The van der Waals surface area contributed by atoms with Crippen molar-refractivity contribution in [1.29, 1.82) is 0 Å². The molecule has 8 nitrogen and oxygen atoms in total. The van der Waals surface area contributed by atoms with Gasteiger partial charge >= 0.3 is 6.18 Å². The number of H-pyrrole nitrogens is 1. The van der Waals surface area contributed by atoms with Crippen LogP contribution in [-0.2, 0) is 31.1 Å². The van der Waals surface area contributed by atoms with Crippen molar-refractivity contribution in [2.45, 2.75) is 52.0 Å². The van der Waals surface area contributed by atoms with Crippen LogP contribution in [0.4, 0.5) is 13.2 Å². The van der Waals surface area contributed by atoms with Crippen LogP contribution >= 0.6 is 0 Å². The Kier molecular flexibility index (Phi) is 5.22. The standard InChI is InChI=1S/C23H24F3N7O/c1-13(2)33-12-19-17(10-31(3)29-19)14-7-15-16(9-28-22(15)27-8-14)18-11-32(6-4-5-20(33)34)30-21(18)23(24,25)26/h7-11,13H,4-6,12H2,1-3H3,(H,27,28). The molecule has 0 atom stereocenters. The molecule has 4 aromatic heterocycles. The Morgan fingerprint density at radius 2 is 1.91 bits per heavy atom. The molecule has 5 heterocycles. The number of rotatable bonds is 1. The number of hydrogen-bond acceptors (Lipinski definition) is 4. The van der Waals surface area contributed by atoms with Crippen molar-refractivity contribution in [3.8, 4) is 22.3 Å². The second kappa shape index (κ2) is 8.00. The molecule has 1 N–H and O–H groups in total. The minimum absolute atomic E-state index is 0.0193. The molecule has 0 unspecified atom stereocenters. The van der Waals surface area contributed by atoms with Gasteiger partial charge in [0, 0.05) is 78.5 Å². The molecule has 0 aliphatic carbocycles. The van der Waals surface area contributed by atoms with Crippen LogP contribution in [0.2, 0.25) is 0 Å². The third kappa shape index (κ3) is 3.84. The molecule has 5 rings (SSSR count). The van der Waals surface area contributed by atoms with E-state index in [1.165, 1.54) is 17.1 Å². The molecule has 0 saturated heterocycles. The van der Waals surface area contributed by atoms with Gasteiger partial charge in [-0.3, -0.25) is 14.2 Å². The van der Waals surface area contributed by atoms with Crippen molar-refractivity contribution in [3.05, 3.63) is 42.2 Å². The first kappa shape index (κ1) is 22.2. The van der Waals surface area contributed by atoms with Crippen LogP contribution in [-0.4, -0.2) is 46.4 Å². The molecule has 0 spiro atoms. The molecule has 34 heavy (non-hydrogen) atoms. The number of carbonyl (C=O) groups is 1. The summed E-state index contributed by atoms with van der Waals surface area (Å²) in [6.45, 7) is 4.39. The van der Waals surface area contributed by atoms with Gasteiger partial charge in [-0.25, -0.2) is 4.98 Å². The summed E-state index contributed by atoms with van der Waals surface area (Å²) in [6, 6.07) is 1.75. The maximum Gasteiger partial charge on any atom is 0.435 e. The molecule has 0 saturated carbocycles. The molecule has 4 aromatic rings. The number of aryl methyl sites for hydroxylation is 2. The number of amides is 1. The average molecular weight is 471 g/mol. The predicted molar refractivity (Wildman–Crippen MR) is 119 cm³/mol. The number of nitrogens with one attached hydrogen (secondary N) is 1. The van der Waals surface area contributed by atoms with Crippen molar-refractivity contribution in [2.24, 2.45) is 7.05 Å². The number of aromatic nitrogens is 6. The van der Waals surface area contributed by atoms with Gasteiger partial charge in [-0.2, -0.15) is 23.4 Å². The van der Waals surface area contributed by atoms with Crippen LogP contribution < -0.4 is 0 Å². The van der Waals surface area contributed by atoms with Gasteiger partial charge < -0.3 is 9.88 Å². The Bertz CT molecular complexity index is 1380. The average Bonchev–Trinajstić information content (AvgIpc) is 3.46. The summed E-state index contributed by atoms with van der Waals surface area (Å²) in [5.74, 6) is -0.0787. The van der Waals surface area contributed by atoms with Gasteiger partial charge in [0.2, 0.25) is 5.91 Å². The minimum atomic E-state index is -4.62. The maximum atomic E-state index is 13.9. The van der Waals surface area contributed by atoms with E-state index in [0.717, 1.165) is 5.56 Å². The van der Waals surface area contributed by atoms with E-state index in [-0.39, 0.29) is 30.5 Å². The maximum absolute atomic E-state index is 13.9. The fourth-order valence-corrected chi connectivity index (χ4v) is 4.46. The Morgan fingerprint density at radius 1 is 1.12 bits per heavy atom. The number of aromatic amines is 1. The molecule has 1 amide bonds. The van der Waals surface area contributed by atoms with E-state index < -0.39 is 11.9 Å². The minimum Gasteiger partial charge on any atom is -0.346 e. The summed E-state index contributed by atoms with van der Waals surface area (Å²) in [5, 5.41) is 8.97. The highest BCUT2D eigenvalue weighted by Crippen LogP contribution is 2.39. The highest BCUT2D eigenvalue weighted by atomic mass is 19.4. The van der Waals surface area contributed by atoms with E-state index in [2.05, 4.69) is 20.2 Å². The summed E-state index contributed by atoms with van der Waals surface area (Å²) in [7, 11) is 1.80. The van der Waals surface area contributed by atoms with Crippen molar-refractivity contribution in [2.75, 3.05) is 0 Å². The first-order chi connectivity index (χ1) is 16.1. The van der Waals surface area contributed by atoms with Crippen molar-refractivity contribution >= 4 is 16.9 Å². The largest absolute Gasteiger partial charge is 0.435 e. The topological polar surface area (TPSA) is 84.6 Å². The van der Waals surface area contributed by atoms with E-state index in [9.17, 15) is 18.0 Å². The summed E-state index contributed by atoms with van der Waals surface area (Å²) < 4.78 is 44.6. The molecule has 1 aliphatic rings. The van der Waals surface area contributed by atoms with Gasteiger partial charge in [-0.1, -0.05) is 0 Å². The lowest BCUT2D eigenvalue weighted by atomic mass is 10.0. The smallest absolute Gasteiger partial charge is 0.346 e. The van der Waals surface area contributed by atoms with Crippen LogP contribution in [0.25, 0.3) is 33.3 Å². The van der Waals surface area contributed by atoms with Gasteiger partial charge in [0.15, 0.2) is 5.69 Å². The van der Waals surface area contributed by atoms with Gasteiger partial charge in [0.25, 0.3) is 0 Å². The van der Waals surface area contributed by atoms with E-state index in [0.29, 0.717) is 40.8 Å². The second-order valence-corrected chi connectivity index (χ2v) is 8.86. The number of fused-ring (bicyclic) bond motifs is 6. The Hall–Kier alpha value is -3.63. The molecule has 0 aromatic carbocycles. The third-order valence-corrected chi connectivity index (χ3v) is 6.11. The molecule has 0 radical (unpaired) electrons. The van der Waals surface area contributed by atoms with Crippen LogP contribution in [0.15, 0.2) is 30.9 Å². The lowest BCUT2D eigenvalue weighted by molar-refractivity contribution is -0.141. The lowest BCUT2D eigenvalue weighted by Crippen LogP contribution is -2.36. The molecule has 4 bridgehead atoms. The first-order valence-corrected chi connectivity index (χ1v) is 11.1. The number of pyridine rings is 1. The molecule has 0 fully saturated rings. The summed E-state index contributed by atoms with van der Waals surface area (Å²) in [6.07, 6.45) is 2.37. The number of halogens is 3. The van der Waals surface area contributed by atoms with Crippen LogP contribution in [0.5, 0.6) is 0 Å². The number of nitrogens with zero attached hydrogens (tertiary/aromatic N) is 6. The number of carbonyl (C=O) groups excluding carboxylic acids is 1. The normalized spacial score (nSPS) is 15.1. The van der Waals surface area contributed by atoms with Gasteiger partial charge in [0.05, 0.1) is 12.2 Å². The Balaban J connectivity index is 1.74. The fraction of sp³-hybridized carbons (Fsp3) is 0.391. The van der Waals surface area contributed by atoms with Crippen molar-refractivity contribution in [3.63, 3.8) is 0 Å². The van der Waals surface area contributed by atoms with Gasteiger partial charge in [0.1, 0.15) is 5.65 Å².